The highest BCUT2D eigenvalue weighted by molar-refractivity contribution is 5.65. The maximum atomic E-state index is 2.38. The SMILES string of the molecule is CC.CCc1ccc(-c2ccc(C3(C)CC3C)cc2)cc1C. The summed E-state index contributed by atoms with van der Waals surface area (Å²) >= 11 is 0. The molecule has 2 aromatic rings. The molecule has 1 fully saturated rings. The van der Waals surface area contributed by atoms with Gasteiger partial charge in [-0.3, -0.25) is 0 Å². The molecule has 3 rings (SSSR count). The van der Waals surface area contributed by atoms with Crippen molar-refractivity contribution < 1.29 is 0 Å². The standard InChI is InChI=1S/C20H24.C2H6/c1-5-16-6-7-18(12-14(16)2)17-8-10-19(11-9-17)20(4)13-15(20)3;1-2/h6-12,15H,5,13H2,1-4H3;1-2H3. The molecule has 0 N–H and O–H groups in total. The van der Waals surface area contributed by atoms with Gasteiger partial charge in [-0.25, -0.2) is 0 Å². The van der Waals surface area contributed by atoms with Crippen LogP contribution in [0.3, 0.4) is 0 Å². The lowest BCUT2D eigenvalue weighted by Gasteiger charge is -2.12. The van der Waals surface area contributed by atoms with E-state index in [1.807, 2.05) is 13.8 Å². The van der Waals surface area contributed by atoms with Crippen LogP contribution in [0.1, 0.15) is 57.7 Å². The van der Waals surface area contributed by atoms with E-state index in [0.717, 1.165) is 12.3 Å². The molecule has 1 saturated carbocycles. The van der Waals surface area contributed by atoms with Crippen LogP contribution < -0.4 is 0 Å². The molecule has 0 spiro atoms. The van der Waals surface area contributed by atoms with E-state index in [9.17, 15) is 0 Å². The fourth-order valence-corrected chi connectivity index (χ4v) is 3.30. The molecule has 2 atom stereocenters. The Kier molecular flexibility index (Phi) is 5.11. The van der Waals surface area contributed by atoms with E-state index in [1.165, 1.54) is 34.2 Å². The van der Waals surface area contributed by atoms with Crippen molar-refractivity contribution in [3.63, 3.8) is 0 Å². The van der Waals surface area contributed by atoms with Crippen molar-refractivity contribution in [3.05, 3.63) is 59.2 Å². The molecule has 1 aliphatic rings. The first-order valence-electron chi connectivity index (χ1n) is 8.75. The molecule has 0 amide bonds. The lowest BCUT2D eigenvalue weighted by atomic mass is 9.93. The van der Waals surface area contributed by atoms with Gasteiger partial charge in [0.15, 0.2) is 0 Å². The highest BCUT2D eigenvalue weighted by atomic mass is 14.5. The Morgan fingerprint density at radius 2 is 1.55 bits per heavy atom. The van der Waals surface area contributed by atoms with Gasteiger partial charge in [-0.15, -0.1) is 0 Å². The van der Waals surface area contributed by atoms with Crippen LogP contribution in [0.5, 0.6) is 0 Å². The van der Waals surface area contributed by atoms with E-state index in [-0.39, 0.29) is 0 Å². The van der Waals surface area contributed by atoms with Gasteiger partial charge in [-0.1, -0.05) is 77.1 Å². The second kappa shape index (κ2) is 6.69. The predicted molar refractivity (Wildman–Crippen MR) is 98.5 cm³/mol. The van der Waals surface area contributed by atoms with Gasteiger partial charge in [0, 0.05) is 0 Å². The molecule has 0 radical (unpaired) electrons. The molecule has 0 bridgehead atoms. The summed E-state index contributed by atoms with van der Waals surface area (Å²) in [5.74, 6) is 0.833. The monoisotopic (exact) mass is 294 g/mol. The summed E-state index contributed by atoms with van der Waals surface area (Å²) in [6.07, 6.45) is 2.44. The Bertz CT molecular complexity index is 621. The third-order valence-electron chi connectivity index (χ3n) is 5.26. The smallest absolute Gasteiger partial charge is 0.00465 e. The Labute approximate surface area is 136 Å². The summed E-state index contributed by atoms with van der Waals surface area (Å²) in [7, 11) is 0. The molecule has 2 unspecified atom stereocenters. The Balaban J connectivity index is 0.000000847. The van der Waals surface area contributed by atoms with Crippen LogP contribution in [0.4, 0.5) is 0 Å². The summed E-state index contributed by atoms with van der Waals surface area (Å²) in [5.41, 5.74) is 7.44. The van der Waals surface area contributed by atoms with Crippen molar-refractivity contribution in [1.29, 1.82) is 0 Å². The Morgan fingerprint density at radius 3 is 2.00 bits per heavy atom. The summed E-state index contributed by atoms with van der Waals surface area (Å²) < 4.78 is 0. The van der Waals surface area contributed by atoms with Crippen molar-refractivity contribution in [1.82, 2.24) is 0 Å². The summed E-state index contributed by atoms with van der Waals surface area (Å²) in [6.45, 7) is 13.2. The zero-order chi connectivity index (χ0) is 16.3. The molecule has 0 aliphatic heterocycles. The van der Waals surface area contributed by atoms with Crippen LogP contribution in [-0.4, -0.2) is 0 Å². The molecule has 0 nitrogen and oxygen atoms in total. The molecule has 1 aliphatic carbocycles. The van der Waals surface area contributed by atoms with Crippen molar-refractivity contribution >= 4 is 0 Å². The number of rotatable bonds is 3. The van der Waals surface area contributed by atoms with Crippen LogP contribution in [0.15, 0.2) is 42.5 Å². The fraction of sp³-hybridized carbons (Fsp3) is 0.455. The van der Waals surface area contributed by atoms with E-state index in [2.05, 4.69) is 70.2 Å². The Morgan fingerprint density at radius 1 is 1.00 bits per heavy atom. The van der Waals surface area contributed by atoms with Crippen LogP contribution in [0.25, 0.3) is 11.1 Å². The van der Waals surface area contributed by atoms with Crippen molar-refractivity contribution in [2.24, 2.45) is 5.92 Å². The molecular formula is C22H30. The maximum absolute atomic E-state index is 2.38. The minimum atomic E-state index is 0.431. The topological polar surface area (TPSA) is 0 Å². The van der Waals surface area contributed by atoms with E-state index in [0.29, 0.717) is 5.41 Å². The lowest BCUT2D eigenvalue weighted by Crippen LogP contribution is -2.02. The second-order valence-corrected chi connectivity index (χ2v) is 6.59. The predicted octanol–water partition coefficient (Wildman–Crippen LogP) is 6.55. The third kappa shape index (κ3) is 3.11. The van der Waals surface area contributed by atoms with E-state index >= 15 is 0 Å². The molecule has 118 valence electrons. The van der Waals surface area contributed by atoms with Crippen molar-refractivity contribution in [2.75, 3.05) is 0 Å². The quantitative estimate of drug-likeness (QED) is 0.602. The first-order valence-corrected chi connectivity index (χ1v) is 8.75. The molecule has 0 saturated heterocycles. The molecule has 0 heterocycles. The minimum absolute atomic E-state index is 0.431. The summed E-state index contributed by atoms with van der Waals surface area (Å²) in [6, 6.07) is 16.0. The average Bonchev–Trinajstić information content (AvgIpc) is 3.18. The van der Waals surface area contributed by atoms with Crippen LogP contribution in [0.2, 0.25) is 0 Å². The van der Waals surface area contributed by atoms with E-state index < -0.39 is 0 Å². The third-order valence-corrected chi connectivity index (χ3v) is 5.26. The van der Waals surface area contributed by atoms with Gasteiger partial charge >= 0.3 is 0 Å². The molecule has 22 heavy (non-hydrogen) atoms. The Hall–Kier alpha value is -1.56. The van der Waals surface area contributed by atoms with Gasteiger partial charge in [0.05, 0.1) is 0 Å². The number of benzene rings is 2. The van der Waals surface area contributed by atoms with Crippen LogP contribution in [-0.2, 0) is 11.8 Å². The zero-order valence-corrected chi connectivity index (χ0v) is 15.0. The first kappa shape index (κ1) is 16.8. The van der Waals surface area contributed by atoms with Gasteiger partial charge in [0.25, 0.3) is 0 Å². The lowest BCUT2D eigenvalue weighted by molar-refractivity contribution is 0.702. The van der Waals surface area contributed by atoms with Gasteiger partial charge in [-0.2, -0.15) is 0 Å². The maximum Gasteiger partial charge on any atom is -0.00465 e. The summed E-state index contributed by atoms with van der Waals surface area (Å²) in [4.78, 5) is 0. The largest absolute Gasteiger partial charge is 0.0683 e. The molecule has 0 aromatic heterocycles. The first-order chi connectivity index (χ1) is 10.5. The van der Waals surface area contributed by atoms with Crippen LogP contribution >= 0.6 is 0 Å². The molecule has 0 heteroatoms. The second-order valence-electron chi connectivity index (χ2n) is 6.59. The van der Waals surface area contributed by atoms with Gasteiger partial charge in [-0.05, 0) is 58.9 Å². The van der Waals surface area contributed by atoms with Gasteiger partial charge in [0.2, 0.25) is 0 Å². The van der Waals surface area contributed by atoms with Crippen molar-refractivity contribution in [2.45, 2.75) is 59.8 Å². The highest BCUT2D eigenvalue weighted by Crippen LogP contribution is 2.53. The van der Waals surface area contributed by atoms with E-state index in [1.54, 1.807) is 0 Å². The highest BCUT2D eigenvalue weighted by Gasteiger charge is 2.47. The number of aryl methyl sites for hydroxylation is 2. The van der Waals surface area contributed by atoms with Crippen molar-refractivity contribution in [3.8, 4) is 11.1 Å². The van der Waals surface area contributed by atoms with Gasteiger partial charge in [0.1, 0.15) is 0 Å². The van der Waals surface area contributed by atoms with Crippen LogP contribution in [0, 0.1) is 12.8 Å². The minimum Gasteiger partial charge on any atom is -0.0683 e. The normalized spacial score (nSPS) is 22.7. The zero-order valence-electron chi connectivity index (χ0n) is 15.0. The number of hydrogen-bond acceptors (Lipinski definition) is 0. The van der Waals surface area contributed by atoms with E-state index in [4.69, 9.17) is 0 Å². The van der Waals surface area contributed by atoms with Gasteiger partial charge < -0.3 is 0 Å². The fourth-order valence-electron chi connectivity index (χ4n) is 3.30. The molecule has 2 aromatic carbocycles. The summed E-state index contributed by atoms with van der Waals surface area (Å²) in [5, 5.41) is 0. The number of hydrogen-bond donors (Lipinski definition) is 0. The molecular weight excluding hydrogens is 264 g/mol. The average molecular weight is 294 g/mol.